The van der Waals surface area contributed by atoms with Crippen molar-refractivity contribution in [3.63, 3.8) is 0 Å². The molecule has 0 aliphatic heterocycles. The summed E-state index contributed by atoms with van der Waals surface area (Å²) in [6.07, 6.45) is 1.32. The molecule has 3 nitrogen and oxygen atoms in total. The molecule has 1 N–H and O–H groups in total. The molecule has 0 spiro atoms. The highest BCUT2D eigenvalue weighted by Crippen LogP contribution is 2.27. The third-order valence-corrected chi connectivity index (χ3v) is 4.45. The van der Waals surface area contributed by atoms with Crippen LogP contribution in [0.5, 0.6) is 5.75 Å². The molecule has 26 heavy (non-hydrogen) atoms. The van der Waals surface area contributed by atoms with E-state index in [0.29, 0.717) is 12.7 Å². The van der Waals surface area contributed by atoms with E-state index in [1.54, 1.807) is 0 Å². The maximum absolute atomic E-state index is 5.89. The highest BCUT2D eigenvalue weighted by atomic mass is 79.9. The van der Waals surface area contributed by atoms with Crippen LogP contribution in [0.4, 0.5) is 0 Å². The first-order valence-electron chi connectivity index (χ1n) is 8.52. The summed E-state index contributed by atoms with van der Waals surface area (Å²) >= 11 is 9.48. The normalized spacial score (nSPS) is 10.7. The number of hydrogen-bond acceptors (Lipinski definition) is 3. The van der Waals surface area contributed by atoms with E-state index in [1.807, 2.05) is 30.3 Å². The Labute approximate surface area is 176 Å². The predicted octanol–water partition coefficient (Wildman–Crippen LogP) is 6.01. The Hall–Kier alpha value is -0.780. The van der Waals surface area contributed by atoms with Crippen molar-refractivity contribution in [3.8, 4) is 5.75 Å². The second kappa shape index (κ2) is 12.6. The van der Waals surface area contributed by atoms with E-state index in [9.17, 15) is 0 Å². The summed E-state index contributed by atoms with van der Waals surface area (Å²) < 4.78 is 12.4. The van der Waals surface area contributed by atoms with Gasteiger partial charge < -0.3 is 14.8 Å². The number of hydrogen-bond donors (Lipinski definition) is 1. The third-order valence-electron chi connectivity index (χ3n) is 3.58. The van der Waals surface area contributed by atoms with Crippen LogP contribution in [-0.2, 0) is 17.9 Å². The summed E-state index contributed by atoms with van der Waals surface area (Å²) in [6.45, 7) is 7.20. The van der Waals surface area contributed by atoms with Crippen LogP contribution in [0, 0.1) is 0 Å². The Balaban J connectivity index is 0.00000338. The highest BCUT2D eigenvalue weighted by Gasteiger charge is 2.04. The average molecular weight is 463 g/mol. The molecule has 2 aromatic carbocycles. The fourth-order valence-electron chi connectivity index (χ4n) is 2.26. The molecule has 0 radical (unpaired) electrons. The second-order valence-corrected chi connectivity index (χ2v) is 7.42. The molecule has 0 bridgehead atoms. The van der Waals surface area contributed by atoms with Gasteiger partial charge in [-0.05, 0) is 78.1 Å². The van der Waals surface area contributed by atoms with Crippen LogP contribution < -0.4 is 10.1 Å². The molecule has 0 heterocycles. The Morgan fingerprint density at radius 2 is 1.77 bits per heavy atom. The second-order valence-electron chi connectivity index (χ2n) is 6.13. The van der Waals surface area contributed by atoms with E-state index in [2.05, 4.69) is 47.2 Å². The van der Waals surface area contributed by atoms with Gasteiger partial charge >= 0.3 is 0 Å². The molecule has 0 aliphatic rings. The zero-order valence-corrected chi connectivity index (χ0v) is 18.3. The van der Waals surface area contributed by atoms with Crippen molar-refractivity contribution in [1.82, 2.24) is 5.32 Å². The zero-order chi connectivity index (χ0) is 18.1. The molecule has 2 aromatic rings. The molecule has 0 saturated carbocycles. The maximum atomic E-state index is 5.89. The van der Waals surface area contributed by atoms with Gasteiger partial charge in [-0.3, -0.25) is 0 Å². The lowest BCUT2D eigenvalue weighted by Crippen LogP contribution is -2.17. The van der Waals surface area contributed by atoms with Crippen LogP contribution in [0.15, 0.2) is 46.9 Å². The van der Waals surface area contributed by atoms with Crippen LogP contribution in [0.3, 0.4) is 0 Å². The fraction of sp³-hybridized carbons (Fsp3) is 0.400. The van der Waals surface area contributed by atoms with E-state index < -0.39 is 0 Å². The molecule has 0 atom stereocenters. The van der Waals surface area contributed by atoms with E-state index in [0.717, 1.165) is 46.9 Å². The lowest BCUT2D eigenvalue weighted by molar-refractivity contribution is 0.0770. The monoisotopic (exact) mass is 461 g/mol. The van der Waals surface area contributed by atoms with Gasteiger partial charge in [0.2, 0.25) is 0 Å². The Morgan fingerprint density at radius 3 is 2.42 bits per heavy atom. The Morgan fingerprint density at radius 1 is 1.08 bits per heavy atom. The third kappa shape index (κ3) is 8.74. The largest absolute Gasteiger partial charge is 0.488 e. The van der Waals surface area contributed by atoms with Gasteiger partial charge in [0, 0.05) is 18.2 Å². The number of rotatable bonds is 10. The molecular formula is C20H26BrCl2NO2. The molecular weight excluding hydrogens is 437 g/mol. The molecule has 6 heteroatoms. The van der Waals surface area contributed by atoms with Crippen LogP contribution >= 0.6 is 39.9 Å². The quantitative estimate of drug-likeness (QED) is 0.438. The van der Waals surface area contributed by atoms with Gasteiger partial charge in [0.05, 0.1) is 10.6 Å². The van der Waals surface area contributed by atoms with Gasteiger partial charge in [0.1, 0.15) is 12.4 Å². The average Bonchev–Trinajstić information content (AvgIpc) is 2.58. The minimum absolute atomic E-state index is 0. The SMILES string of the molecule is CC(C)OCCCNCc1ccc(OCc2ccc(Cl)cc2)c(Br)c1.Cl. The number of nitrogens with one attached hydrogen (secondary N) is 1. The Bertz CT molecular complexity index is 651. The van der Waals surface area contributed by atoms with E-state index >= 15 is 0 Å². The van der Waals surface area contributed by atoms with E-state index in [-0.39, 0.29) is 12.4 Å². The van der Waals surface area contributed by atoms with Crippen molar-refractivity contribution >= 4 is 39.9 Å². The minimum Gasteiger partial charge on any atom is -0.488 e. The van der Waals surface area contributed by atoms with E-state index in [4.69, 9.17) is 21.1 Å². The molecule has 0 amide bonds. The molecule has 0 aliphatic carbocycles. The smallest absolute Gasteiger partial charge is 0.134 e. The number of halogens is 3. The lowest BCUT2D eigenvalue weighted by atomic mass is 10.2. The summed E-state index contributed by atoms with van der Waals surface area (Å²) in [6, 6.07) is 13.9. The van der Waals surface area contributed by atoms with Crippen LogP contribution in [0.2, 0.25) is 5.02 Å². The number of ether oxygens (including phenoxy) is 2. The lowest BCUT2D eigenvalue weighted by Gasteiger charge is -2.11. The van der Waals surface area contributed by atoms with Crippen molar-refractivity contribution in [1.29, 1.82) is 0 Å². The first kappa shape index (κ1) is 23.3. The van der Waals surface area contributed by atoms with Gasteiger partial charge in [0.15, 0.2) is 0 Å². The maximum Gasteiger partial charge on any atom is 0.134 e. The molecule has 0 aromatic heterocycles. The van der Waals surface area contributed by atoms with Gasteiger partial charge in [-0.2, -0.15) is 0 Å². The predicted molar refractivity (Wildman–Crippen MR) is 115 cm³/mol. The van der Waals surface area contributed by atoms with Gasteiger partial charge in [-0.1, -0.05) is 29.8 Å². The zero-order valence-electron chi connectivity index (χ0n) is 15.1. The Kier molecular flexibility index (Phi) is 11.3. The molecule has 2 rings (SSSR count). The van der Waals surface area contributed by atoms with Gasteiger partial charge in [-0.15, -0.1) is 12.4 Å². The standard InChI is InChI=1S/C20H25BrClNO2.ClH/c1-15(2)24-11-3-10-23-13-17-6-9-20(19(21)12-17)25-14-16-4-7-18(22)8-5-16;/h4-9,12,15,23H,3,10-11,13-14H2,1-2H3;1H. The summed E-state index contributed by atoms with van der Waals surface area (Å²) in [5.74, 6) is 0.837. The molecule has 144 valence electrons. The molecule has 0 unspecified atom stereocenters. The van der Waals surface area contributed by atoms with Crippen molar-refractivity contribution in [2.75, 3.05) is 13.2 Å². The van der Waals surface area contributed by atoms with Crippen molar-refractivity contribution in [2.45, 2.75) is 39.5 Å². The topological polar surface area (TPSA) is 30.5 Å². The highest BCUT2D eigenvalue weighted by molar-refractivity contribution is 9.10. The number of benzene rings is 2. The van der Waals surface area contributed by atoms with E-state index in [1.165, 1.54) is 5.56 Å². The van der Waals surface area contributed by atoms with Crippen molar-refractivity contribution in [3.05, 3.63) is 63.1 Å². The first-order valence-corrected chi connectivity index (χ1v) is 9.69. The summed E-state index contributed by atoms with van der Waals surface area (Å²) in [5, 5.41) is 4.16. The molecule has 0 saturated heterocycles. The summed E-state index contributed by atoms with van der Waals surface area (Å²) in [4.78, 5) is 0. The first-order chi connectivity index (χ1) is 12.0. The van der Waals surface area contributed by atoms with Crippen molar-refractivity contribution in [2.24, 2.45) is 0 Å². The molecule has 0 fully saturated rings. The summed E-state index contributed by atoms with van der Waals surface area (Å²) in [7, 11) is 0. The summed E-state index contributed by atoms with van der Waals surface area (Å²) in [5.41, 5.74) is 2.31. The van der Waals surface area contributed by atoms with Crippen LogP contribution in [0.25, 0.3) is 0 Å². The fourth-order valence-corrected chi connectivity index (χ4v) is 2.93. The van der Waals surface area contributed by atoms with Gasteiger partial charge in [0.25, 0.3) is 0 Å². The van der Waals surface area contributed by atoms with Crippen molar-refractivity contribution < 1.29 is 9.47 Å². The van der Waals surface area contributed by atoms with Crippen LogP contribution in [-0.4, -0.2) is 19.3 Å². The minimum atomic E-state index is 0. The van der Waals surface area contributed by atoms with Gasteiger partial charge in [-0.25, -0.2) is 0 Å². The van der Waals surface area contributed by atoms with Crippen LogP contribution in [0.1, 0.15) is 31.4 Å².